The zero-order valence-electron chi connectivity index (χ0n) is 6.28. The first-order valence-electron chi connectivity index (χ1n) is 3.41. The van der Waals surface area contributed by atoms with E-state index in [0.717, 1.165) is 6.20 Å². The highest BCUT2D eigenvalue weighted by atomic mass is 19.1. The maximum Gasteiger partial charge on any atom is 0.352 e. The first kappa shape index (κ1) is 7.66. The molecule has 66 valence electrons. The van der Waals surface area contributed by atoms with Crippen molar-refractivity contribution in [1.82, 2.24) is 15.0 Å². The molecule has 0 spiro atoms. The van der Waals surface area contributed by atoms with E-state index in [1.54, 1.807) is 0 Å². The summed E-state index contributed by atoms with van der Waals surface area (Å²) in [4.78, 5) is 20.0. The van der Waals surface area contributed by atoms with Gasteiger partial charge in [-0.1, -0.05) is 0 Å². The summed E-state index contributed by atoms with van der Waals surface area (Å²) in [5.74, 6) is -1.86. The smallest absolute Gasteiger partial charge is 0.352 e. The van der Waals surface area contributed by atoms with Crippen molar-refractivity contribution >= 4 is 17.1 Å². The van der Waals surface area contributed by atoms with Crippen LogP contribution in [0.3, 0.4) is 0 Å². The van der Waals surface area contributed by atoms with Gasteiger partial charge in [0.1, 0.15) is 11.2 Å². The minimum atomic E-state index is -1.12. The molecule has 5 nitrogen and oxygen atoms in total. The first-order valence-corrected chi connectivity index (χ1v) is 3.41. The molecule has 0 unspecified atom stereocenters. The molecule has 6 heteroatoms. The van der Waals surface area contributed by atoms with Crippen molar-refractivity contribution < 1.29 is 14.3 Å². The summed E-state index contributed by atoms with van der Waals surface area (Å²) in [6, 6.07) is 1.23. The Balaban J connectivity index is 2.68. The van der Waals surface area contributed by atoms with E-state index < -0.39 is 11.9 Å². The summed E-state index contributed by atoms with van der Waals surface area (Å²) < 4.78 is 12.5. The van der Waals surface area contributed by atoms with E-state index in [9.17, 15) is 9.18 Å². The lowest BCUT2D eigenvalue weighted by atomic mass is 10.4. The molecule has 2 heterocycles. The van der Waals surface area contributed by atoms with E-state index in [0.29, 0.717) is 0 Å². The molecule has 2 rings (SSSR count). The van der Waals surface area contributed by atoms with Crippen LogP contribution in [0.15, 0.2) is 12.3 Å². The van der Waals surface area contributed by atoms with E-state index >= 15 is 0 Å². The zero-order valence-corrected chi connectivity index (χ0v) is 6.28. The monoisotopic (exact) mass is 181 g/mol. The molecule has 0 amide bonds. The number of carbonyl (C=O) groups is 1. The van der Waals surface area contributed by atoms with Crippen molar-refractivity contribution in [2.24, 2.45) is 0 Å². The van der Waals surface area contributed by atoms with Crippen LogP contribution in [0.25, 0.3) is 11.2 Å². The Morgan fingerprint density at radius 1 is 1.62 bits per heavy atom. The average molecular weight is 181 g/mol. The van der Waals surface area contributed by atoms with Gasteiger partial charge in [0.25, 0.3) is 0 Å². The number of H-pyrrole nitrogens is 1. The van der Waals surface area contributed by atoms with Gasteiger partial charge in [-0.2, -0.15) is 4.39 Å². The molecule has 13 heavy (non-hydrogen) atoms. The molecular weight excluding hydrogens is 177 g/mol. The molecule has 0 radical (unpaired) electrons. The van der Waals surface area contributed by atoms with E-state index in [1.165, 1.54) is 6.07 Å². The second-order valence-corrected chi connectivity index (χ2v) is 2.41. The lowest BCUT2D eigenvalue weighted by Gasteiger charge is -1.86. The normalized spacial score (nSPS) is 10.5. The number of fused-ring (bicyclic) bond motifs is 1. The summed E-state index contributed by atoms with van der Waals surface area (Å²) in [5.41, 5.74) is 0.414. The SMILES string of the molecule is O=C(O)c1cc2nc(F)cnc2[nH]1. The molecular formula is C7H4FN3O2. The lowest BCUT2D eigenvalue weighted by Crippen LogP contribution is -1.94. The number of nitrogens with zero attached hydrogens (tertiary/aromatic N) is 2. The largest absolute Gasteiger partial charge is 0.477 e. The third-order valence-corrected chi connectivity index (χ3v) is 1.53. The van der Waals surface area contributed by atoms with Gasteiger partial charge in [0.2, 0.25) is 5.95 Å². The summed E-state index contributed by atoms with van der Waals surface area (Å²) >= 11 is 0. The number of aromatic nitrogens is 3. The summed E-state index contributed by atoms with van der Waals surface area (Å²) in [7, 11) is 0. The van der Waals surface area contributed by atoms with Crippen molar-refractivity contribution in [1.29, 1.82) is 0 Å². The van der Waals surface area contributed by atoms with Crippen LogP contribution in [0, 0.1) is 5.95 Å². The molecule has 2 aromatic rings. The van der Waals surface area contributed by atoms with E-state index in [-0.39, 0.29) is 16.9 Å². The quantitative estimate of drug-likeness (QED) is 0.681. The number of hydrogen-bond acceptors (Lipinski definition) is 3. The predicted octanol–water partition coefficient (Wildman–Crippen LogP) is 0.795. The van der Waals surface area contributed by atoms with Gasteiger partial charge in [-0.3, -0.25) is 0 Å². The van der Waals surface area contributed by atoms with Crippen LogP contribution in [0.2, 0.25) is 0 Å². The first-order chi connectivity index (χ1) is 6.16. The second-order valence-electron chi connectivity index (χ2n) is 2.41. The van der Waals surface area contributed by atoms with Crippen molar-refractivity contribution in [3.05, 3.63) is 23.9 Å². The number of aromatic amines is 1. The van der Waals surface area contributed by atoms with E-state index in [1.807, 2.05) is 0 Å². The number of aromatic carboxylic acids is 1. The molecule has 0 aliphatic rings. The Labute approximate surface area is 71.2 Å². The van der Waals surface area contributed by atoms with Crippen LogP contribution in [-0.4, -0.2) is 26.0 Å². The van der Waals surface area contributed by atoms with Crippen molar-refractivity contribution in [2.75, 3.05) is 0 Å². The molecule has 0 atom stereocenters. The molecule has 0 aliphatic carbocycles. The zero-order chi connectivity index (χ0) is 9.42. The van der Waals surface area contributed by atoms with Gasteiger partial charge in [0.15, 0.2) is 5.65 Å². The lowest BCUT2D eigenvalue weighted by molar-refractivity contribution is 0.0691. The fourth-order valence-corrected chi connectivity index (χ4v) is 0.993. The fourth-order valence-electron chi connectivity index (χ4n) is 0.993. The van der Waals surface area contributed by atoms with Gasteiger partial charge in [0.05, 0.1) is 6.20 Å². The standard InChI is InChI=1S/C7H4FN3O2/c8-5-2-9-6-3(10-5)1-4(11-6)7(12)13/h1-2H,(H,9,11)(H,12,13). The van der Waals surface area contributed by atoms with Gasteiger partial charge in [-0.15, -0.1) is 0 Å². The number of carboxylic acids is 1. The van der Waals surface area contributed by atoms with Gasteiger partial charge < -0.3 is 10.1 Å². The Hall–Kier alpha value is -1.98. The molecule has 0 aromatic carbocycles. The van der Waals surface area contributed by atoms with Gasteiger partial charge >= 0.3 is 5.97 Å². The van der Waals surface area contributed by atoms with Crippen LogP contribution in [-0.2, 0) is 0 Å². The number of hydrogen-bond donors (Lipinski definition) is 2. The maximum atomic E-state index is 12.5. The topological polar surface area (TPSA) is 78.9 Å². The van der Waals surface area contributed by atoms with Crippen LogP contribution in [0.4, 0.5) is 4.39 Å². The number of carboxylic acid groups (broad SMARTS) is 1. The highest BCUT2D eigenvalue weighted by Crippen LogP contribution is 2.10. The Morgan fingerprint density at radius 3 is 3.08 bits per heavy atom. The Bertz CT molecular complexity index is 480. The highest BCUT2D eigenvalue weighted by Gasteiger charge is 2.09. The molecule has 0 saturated heterocycles. The average Bonchev–Trinajstić information content (AvgIpc) is 2.46. The van der Waals surface area contributed by atoms with Crippen molar-refractivity contribution in [2.45, 2.75) is 0 Å². The van der Waals surface area contributed by atoms with Crippen LogP contribution >= 0.6 is 0 Å². The molecule has 2 aromatic heterocycles. The minimum absolute atomic E-state index is 0.0550. The second kappa shape index (κ2) is 2.51. The van der Waals surface area contributed by atoms with E-state index in [2.05, 4.69) is 15.0 Å². The summed E-state index contributed by atoms with van der Waals surface area (Å²) in [6.07, 6.45) is 0.921. The predicted molar refractivity (Wildman–Crippen MR) is 40.8 cm³/mol. The van der Waals surface area contributed by atoms with Crippen molar-refractivity contribution in [3.63, 3.8) is 0 Å². The van der Waals surface area contributed by atoms with Gasteiger partial charge in [-0.25, -0.2) is 14.8 Å². The molecule has 0 aliphatic heterocycles. The van der Waals surface area contributed by atoms with Crippen LogP contribution < -0.4 is 0 Å². The molecule has 0 bridgehead atoms. The molecule has 0 saturated carbocycles. The summed E-state index contributed by atoms with van der Waals surface area (Å²) in [5, 5.41) is 8.57. The van der Waals surface area contributed by atoms with Crippen LogP contribution in [0.1, 0.15) is 10.5 Å². The Kier molecular flexibility index (Phi) is 1.48. The van der Waals surface area contributed by atoms with Crippen LogP contribution in [0.5, 0.6) is 0 Å². The van der Waals surface area contributed by atoms with Crippen molar-refractivity contribution in [3.8, 4) is 0 Å². The number of nitrogens with one attached hydrogen (secondary N) is 1. The fraction of sp³-hybridized carbons (Fsp3) is 0. The third kappa shape index (κ3) is 1.22. The minimum Gasteiger partial charge on any atom is -0.477 e. The number of halogens is 1. The molecule has 2 N–H and O–H groups in total. The maximum absolute atomic E-state index is 12.5. The Morgan fingerprint density at radius 2 is 2.38 bits per heavy atom. The number of rotatable bonds is 1. The van der Waals surface area contributed by atoms with E-state index in [4.69, 9.17) is 5.11 Å². The molecule has 0 fully saturated rings. The summed E-state index contributed by atoms with van der Waals surface area (Å²) in [6.45, 7) is 0. The van der Waals surface area contributed by atoms with Gasteiger partial charge in [0, 0.05) is 0 Å². The third-order valence-electron chi connectivity index (χ3n) is 1.53. The van der Waals surface area contributed by atoms with Gasteiger partial charge in [-0.05, 0) is 6.07 Å². The highest BCUT2D eigenvalue weighted by molar-refractivity contribution is 5.91.